The molecule has 3 N–H and O–H groups in total. The summed E-state index contributed by atoms with van der Waals surface area (Å²) in [5, 5.41) is 4.91. The lowest BCUT2D eigenvalue weighted by Gasteiger charge is -2.05. The minimum Gasteiger partial charge on any atom is -0.337 e. The minimum absolute atomic E-state index is 0.372. The number of rotatable bonds is 3. The molecule has 0 saturated heterocycles. The van der Waals surface area contributed by atoms with Crippen molar-refractivity contribution < 1.29 is 0 Å². The van der Waals surface area contributed by atoms with Gasteiger partial charge in [-0.25, -0.2) is 9.66 Å². The fourth-order valence-corrected chi connectivity index (χ4v) is 2.04. The molecule has 5 nitrogen and oxygen atoms in total. The summed E-state index contributed by atoms with van der Waals surface area (Å²) in [6, 6.07) is 18.9. The van der Waals surface area contributed by atoms with E-state index in [1.807, 2.05) is 60.7 Å². The first-order valence-electron chi connectivity index (χ1n) is 6.68. The molecule has 22 heavy (non-hydrogen) atoms. The van der Waals surface area contributed by atoms with Gasteiger partial charge in [-0.05, 0) is 30.3 Å². The van der Waals surface area contributed by atoms with Crippen molar-refractivity contribution in [2.45, 2.75) is 0 Å². The van der Waals surface area contributed by atoms with Crippen molar-refractivity contribution in [3.8, 4) is 11.3 Å². The first-order chi connectivity index (χ1) is 10.7. The summed E-state index contributed by atoms with van der Waals surface area (Å²) in [5.41, 5.74) is 5.88. The third kappa shape index (κ3) is 3.27. The molecule has 1 heterocycles. The maximum atomic E-state index is 5.90. The van der Waals surface area contributed by atoms with Crippen LogP contribution in [0.15, 0.2) is 72.0 Å². The lowest BCUT2D eigenvalue weighted by atomic mass is 10.1. The van der Waals surface area contributed by atoms with E-state index in [2.05, 4.69) is 15.5 Å². The second-order valence-corrected chi connectivity index (χ2v) is 5.05. The average molecular weight is 312 g/mol. The topological polar surface area (TPSA) is 68.2 Å². The molecule has 0 amide bonds. The third-order valence-electron chi connectivity index (χ3n) is 3.04. The second-order valence-electron chi connectivity index (χ2n) is 4.62. The van der Waals surface area contributed by atoms with Crippen LogP contribution in [0, 0.1) is 0 Å². The number of nitrogen functional groups attached to an aromatic ring is 1. The molecular formula is C16H14ClN5. The van der Waals surface area contributed by atoms with Gasteiger partial charge in [0.25, 0.3) is 5.62 Å². The van der Waals surface area contributed by atoms with Crippen LogP contribution in [0.5, 0.6) is 0 Å². The molecule has 0 aliphatic carbocycles. The van der Waals surface area contributed by atoms with E-state index in [0.29, 0.717) is 10.6 Å². The SMILES string of the molecule is Nn1ccc(-c2ccc(Cl)cc2)n/c1=N\Nc1ccccc1. The maximum absolute atomic E-state index is 5.90. The molecule has 0 bridgehead atoms. The van der Waals surface area contributed by atoms with Crippen molar-refractivity contribution in [3.63, 3.8) is 0 Å². The summed E-state index contributed by atoms with van der Waals surface area (Å²) >= 11 is 5.90. The molecule has 0 saturated carbocycles. The summed E-state index contributed by atoms with van der Waals surface area (Å²) in [7, 11) is 0. The van der Waals surface area contributed by atoms with Gasteiger partial charge in [-0.15, -0.1) is 5.10 Å². The lowest BCUT2D eigenvalue weighted by Crippen LogP contribution is -2.31. The summed E-state index contributed by atoms with van der Waals surface area (Å²) < 4.78 is 1.36. The van der Waals surface area contributed by atoms with E-state index >= 15 is 0 Å². The number of hydrogen-bond acceptors (Lipinski definition) is 4. The summed E-state index contributed by atoms with van der Waals surface area (Å²) in [6.07, 6.45) is 1.71. The number of hydrogen-bond donors (Lipinski definition) is 2. The Kier molecular flexibility index (Phi) is 4.07. The zero-order valence-corrected chi connectivity index (χ0v) is 12.4. The van der Waals surface area contributed by atoms with Crippen molar-refractivity contribution >= 4 is 17.3 Å². The number of benzene rings is 2. The van der Waals surface area contributed by atoms with Gasteiger partial charge in [0.05, 0.1) is 11.4 Å². The number of nitrogens with zero attached hydrogens (tertiary/aromatic N) is 3. The number of para-hydroxylation sites is 1. The minimum atomic E-state index is 0.372. The Labute approximate surface area is 132 Å². The normalized spacial score (nSPS) is 11.4. The molecule has 0 radical (unpaired) electrons. The van der Waals surface area contributed by atoms with Crippen molar-refractivity contribution in [2.75, 3.05) is 11.3 Å². The van der Waals surface area contributed by atoms with Gasteiger partial charge in [-0.1, -0.05) is 41.9 Å². The summed E-state index contributed by atoms with van der Waals surface area (Å²) in [4.78, 5) is 4.45. The highest BCUT2D eigenvalue weighted by molar-refractivity contribution is 6.30. The standard InChI is InChI=1S/C16H14ClN5/c17-13-8-6-12(7-9-13)15-10-11-22(18)16(19-15)21-20-14-4-2-1-3-5-14/h1-11,20H,18H2/b21-16+. The van der Waals surface area contributed by atoms with Crippen molar-refractivity contribution in [2.24, 2.45) is 5.10 Å². The molecule has 6 heteroatoms. The van der Waals surface area contributed by atoms with Gasteiger partial charge < -0.3 is 5.84 Å². The van der Waals surface area contributed by atoms with E-state index in [-0.39, 0.29) is 0 Å². The Morgan fingerprint density at radius 3 is 2.45 bits per heavy atom. The first-order valence-corrected chi connectivity index (χ1v) is 7.06. The molecule has 0 fully saturated rings. The van der Waals surface area contributed by atoms with E-state index in [9.17, 15) is 0 Å². The quantitative estimate of drug-likeness (QED) is 0.577. The van der Waals surface area contributed by atoms with Gasteiger partial charge in [-0.2, -0.15) is 0 Å². The predicted octanol–water partition coefficient (Wildman–Crippen LogP) is 2.85. The molecule has 110 valence electrons. The van der Waals surface area contributed by atoms with Gasteiger partial charge in [0.1, 0.15) is 0 Å². The van der Waals surface area contributed by atoms with Crippen LogP contribution < -0.4 is 16.9 Å². The van der Waals surface area contributed by atoms with Gasteiger partial charge in [-0.3, -0.25) is 5.43 Å². The molecular weight excluding hydrogens is 298 g/mol. The monoisotopic (exact) mass is 311 g/mol. The molecule has 3 aromatic rings. The molecule has 2 aromatic carbocycles. The lowest BCUT2D eigenvalue weighted by molar-refractivity contribution is 0.826. The van der Waals surface area contributed by atoms with Gasteiger partial charge in [0.2, 0.25) is 0 Å². The molecule has 0 spiro atoms. The number of nitrogens with one attached hydrogen (secondary N) is 1. The highest BCUT2D eigenvalue weighted by Gasteiger charge is 2.01. The third-order valence-corrected chi connectivity index (χ3v) is 3.30. The molecule has 0 unspecified atom stereocenters. The fraction of sp³-hybridized carbons (Fsp3) is 0. The highest BCUT2D eigenvalue weighted by atomic mass is 35.5. The second kappa shape index (κ2) is 6.32. The smallest absolute Gasteiger partial charge is 0.265 e. The van der Waals surface area contributed by atoms with Gasteiger partial charge in [0, 0.05) is 16.8 Å². The number of nitrogens with two attached hydrogens (primary N) is 1. The number of aromatic nitrogens is 2. The van der Waals surface area contributed by atoms with Crippen LogP contribution in [0.25, 0.3) is 11.3 Å². The van der Waals surface area contributed by atoms with E-state index in [0.717, 1.165) is 16.9 Å². The number of anilines is 1. The van der Waals surface area contributed by atoms with Crippen LogP contribution in [0.3, 0.4) is 0 Å². The van der Waals surface area contributed by atoms with Crippen LogP contribution in [0.4, 0.5) is 5.69 Å². The van der Waals surface area contributed by atoms with E-state index in [4.69, 9.17) is 17.4 Å². The molecule has 1 aromatic heterocycles. The Hall–Kier alpha value is -2.79. The van der Waals surface area contributed by atoms with Crippen molar-refractivity contribution in [1.29, 1.82) is 0 Å². The van der Waals surface area contributed by atoms with E-state index in [1.165, 1.54) is 4.68 Å². The Bertz CT molecular complexity index is 825. The maximum Gasteiger partial charge on any atom is 0.265 e. The van der Waals surface area contributed by atoms with E-state index in [1.54, 1.807) is 6.20 Å². The highest BCUT2D eigenvalue weighted by Crippen LogP contribution is 2.18. The Balaban J connectivity index is 1.94. The van der Waals surface area contributed by atoms with Crippen LogP contribution in [-0.2, 0) is 0 Å². The fourth-order valence-electron chi connectivity index (χ4n) is 1.91. The first kappa shape index (κ1) is 14.2. The zero-order chi connectivity index (χ0) is 15.4. The average Bonchev–Trinajstić information content (AvgIpc) is 2.56. The zero-order valence-electron chi connectivity index (χ0n) is 11.6. The Morgan fingerprint density at radius 2 is 1.73 bits per heavy atom. The van der Waals surface area contributed by atoms with Crippen molar-refractivity contribution in [1.82, 2.24) is 9.66 Å². The van der Waals surface area contributed by atoms with E-state index < -0.39 is 0 Å². The summed E-state index contributed by atoms with van der Waals surface area (Å²) in [5.74, 6) is 5.86. The van der Waals surface area contributed by atoms with Crippen LogP contribution in [-0.4, -0.2) is 9.66 Å². The van der Waals surface area contributed by atoms with Crippen LogP contribution in [0.1, 0.15) is 0 Å². The van der Waals surface area contributed by atoms with Crippen LogP contribution in [0.2, 0.25) is 5.02 Å². The largest absolute Gasteiger partial charge is 0.337 e. The van der Waals surface area contributed by atoms with Crippen LogP contribution >= 0.6 is 11.6 Å². The Morgan fingerprint density at radius 1 is 1.00 bits per heavy atom. The molecule has 0 aliphatic rings. The summed E-state index contributed by atoms with van der Waals surface area (Å²) in [6.45, 7) is 0. The van der Waals surface area contributed by atoms with Crippen molar-refractivity contribution in [3.05, 3.63) is 77.5 Å². The molecule has 0 aliphatic heterocycles. The predicted molar refractivity (Wildman–Crippen MR) is 88.5 cm³/mol. The van der Waals surface area contributed by atoms with Gasteiger partial charge >= 0.3 is 0 Å². The molecule has 3 rings (SSSR count). The van der Waals surface area contributed by atoms with Gasteiger partial charge in [0.15, 0.2) is 0 Å². The number of halogens is 1. The molecule has 0 atom stereocenters.